The Morgan fingerprint density at radius 1 is 1.11 bits per heavy atom. The molecule has 0 saturated carbocycles. The number of aliphatic imine (C=N–C) groups is 1. The third-order valence-electron chi connectivity index (χ3n) is 4.63. The molecule has 0 aliphatic carbocycles. The topological polar surface area (TPSA) is 59.8 Å². The van der Waals surface area contributed by atoms with E-state index in [9.17, 15) is 0 Å². The van der Waals surface area contributed by atoms with E-state index >= 15 is 0 Å². The van der Waals surface area contributed by atoms with Gasteiger partial charge in [-0.2, -0.15) is 0 Å². The lowest BCUT2D eigenvalue weighted by atomic mass is 9.84. The Labute approximate surface area is 184 Å². The summed E-state index contributed by atoms with van der Waals surface area (Å²) in [5.74, 6) is 2.49. The van der Waals surface area contributed by atoms with Crippen LogP contribution >= 0.6 is 24.0 Å². The van der Waals surface area contributed by atoms with Crippen molar-refractivity contribution in [2.75, 3.05) is 32.8 Å². The van der Waals surface area contributed by atoms with Crippen molar-refractivity contribution in [3.05, 3.63) is 48.3 Å². The Hall–Kier alpha value is -1.90. The van der Waals surface area contributed by atoms with Crippen LogP contribution in [0.3, 0.4) is 0 Å². The van der Waals surface area contributed by atoms with Crippen molar-refractivity contribution in [2.24, 2.45) is 4.99 Å². The second kappa shape index (κ2) is 10.6. The number of benzene rings is 1. The molecule has 6 nitrogen and oxygen atoms in total. The number of nitrogens with one attached hydrogen (secondary N) is 2. The maximum absolute atomic E-state index is 5.72. The molecule has 0 saturated heterocycles. The van der Waals surface area contributed by atoms with Crippen LogP contribution in [0.25, 0.3) is 0 Å². The lowest BCUT2D eigenvalue weighted by molar-refractivity contribution is 0.171. The molecule has 7 heteroatoms. The average Bonchev–Trinajstić information content (AvgIpc) is 3.19. The Balaban J connectivity index is 0.00000280. The van der Waals surface area contributed by atoms with Gasteiger partial charge in [-0.25, -0.2) is 0 Å². The fourth-order valence-electron chi connectivity index (χ4n) is 3.00. The molecule has 0 radical (unpaired) electrons. The molecule has 0 bridgehead atoms. The number of fused-ring (bicyclic) bond motifs is 1. The molecule has 0 unspecified atom stereocenters. The van der Waals surface area contributed by atoms with Crippen molar-refractivity contribution >= 4 is 29.9 Å². The molecule has 0 atom stereocenters. The van der Waals surface area contributed by atoms with Crippen LogP contribution in [0, 0.1) is 0 Å². The predicted octanol–water partition coefficient (Wildman–Crippen LogP) is 3.41. The zero-order valence-corrected chi connectivity index (χ0v) is 19.2. The first-order chi connectivity index (χ1) is 13.1. The molecule has 2 N–H and O–H groups in total. The summed E-state index contributed by atoms with van der Waals surface area (Å²) in [4.78, 5) is 4.81. The van der Waals surface area contributed by atoms with Gasteiger partial charge in [-0.1, -0.05) is 19.9 Å². The molecular weight excluding hydrogens is 467 g/mol. The Kier molecular flexibility index (Phi) is 8.47. The summed E-state index contributed by atoms with van der Waals surface area (Å²) in [7, 11) is 0. The largest absolute Gasteiger partial charge is 0.486 e. The molecule has 1 aromatic carbocycles. The van der Waals surface area contributed by atoms with Crippen LogP contribution in [-0.4, -0.2) is 43.4 Å². The third-order valence-corrected chi connectivity index (χ3v) is 4.63. The van der Waals surface area contributed by atoms with Gasteiger partial charge in [0.25, 0.3) is 0 Å². The van der Waals surface area contributed by atoms with Gasteiger partial charge in [-0.15, -0.1) is 24.0 Å². The van der Waals surface area contributed by atoms with Crippen LogP contribution < -0.4 is 20.1 Å². The summed E-state index contributed by atoms with van der Waals surface area (Å²) in [6.07, 6.45) is 4.13. The molecule has 1 aliphatic rings. The molecule has 2 heterocycles. The molecule has 3 rings (SSSR count). The number of nitrogens with zero attached hydrogens (tertiary/aromatic N) is 2. The minimum Gasteiger partial charge on any atom is -0.486 e. The molecule has 28 heavy (non-hydrogen) atoms. The molecule has 0 amide bonds. The molecule has 154 valence electrons. The fraction of sp³-hybridized carbons (Fsp3) is 0.476. The monoisotopic (exact) mass is 498 g/mol. The van der Waals surface area contributed by atoms with E-state index in [1.54, 1.807) is 0 Å². The standard InChI is InChI=1S/C21H30N4O2.HI/c1-4-22-20(23-9-12-25-10-5-6-11-25)24-16-21(2,3)17-7-8-18-19(15-17)27-14-13-26-18;/h5-8,10-11,15H,4,9,12-14,16H2,1-3H3,(H2,22,23,24);1H. The van der Waals surface area contributed by atoms with Gasteiger partial charge in [0.2, 0.25) is 0 Å². The summed E-state index contributed by atoms with van der Waals surface area (Å²) in [5, 5.41) is 6.73. The number of aromatic nitrogens is 1. The Bertz CT molecular complexity index is 760. The molecule has 0 fully saturated rings. The maximum Gasteiger partial charge on any atom is 0.191 e. The number of hydrogen-bond donors (Lipinski definition) is 2. The van der Waals surface area contributed by atoms with Crippen molar-refractivity contribution in [2.45, 2.75) is 32.7 Å². The Morgan fingerprint density at radius 3 is 2.54 bits per heavy atom. The molecule has 1 aliphatic heterocycles. The van der Waals surface area contributed by atoms with Crippen LogP contribution in [-0.2, 0) is 12.0 Å². The van der Waals surface area contributed by atoms with Crippen LogP contribution in [0.2, 0.25) is 0 Å². The van der Waals surface area contributed by atoms with Gasteiger partial charge in [0.15, 0.2) is 17.5 Å². The highest BCUT2D eigenvalue weighted by molar-refractivity contribution is 14.0. The van der Waals surface area contributed by atoms with E-state index in [0.717, 1.165) is 37.1 Å². The normalized spacial score (nSPS) is 13.6. The second-order valence-corrected chi connectivity index (χ2v) is 7.29. The van der Waals surface area contributed by atoms with E-state index in [1.165, 1.54) is 5.56 Å². The van der Waals surface area contributed by atoms with Gasteiger partial charge < -0.3 is 24.7 Å². The first-order valence-electron chi connectivity index (χ1n) is 9.61. The third kappa shape index (κ3) is 6.05. The highest BCUT2D eigenvalue weighted by Gasteiger charge is 2.23. The molecule has 2 aromatic rings. The summed E-state index contributed by atoms with van der Waals surface area (Å²) < 4.78 is 13.5. The quantitative estimate of drug-likeness (QED) is 0.349. The van der Waals surface area contributed by atoms with E-state index in [1.807, 2.05) is 18.2 Å². The zero-order valence-electron chi connectivity index (χ0n) is 16.9. The molecule has 0 spiro atoms. The minimum atomic E-state index is -0.112. The number of ether oxygens (including phenoxy) is 2. The van der Waals surface area contributed by atoms with Gasteiger partial charge in [0.05, 0.1) is 6.54 Å². The predicted molar refractivity (Wildman–Crippen MR) is 124 cm³/mol. The highest BCUT2D eigenvalue weighted by Crippen LogP contribution is 2.35. The minimum absolute atomic E-state index is 0. The number of halogens is 1. The summed E-state index contributed by atoms with van der Waals surface area (Å²) >= 11 is 0. The number of guanidine groups is 1. The van der Waals surface area contributed by atoms with E-state index in [0.29, 0.717) is 19.8 Å². The van der Waals surface area contributed by atoms with Crippen molar-refractivity contribution in [3.8, 4) is 11.5 Å². The van der Waals surface area contributed by atoms with Gasteiger partial charge in [-0.3, -0.25) is 4.99 Å². The first-order valence-corrected chi connectivity index (χ1v) is 9.61. The lowest BCUT2D eigenvalue weighted by Crippen LogP contribution is -2.39. The van der Waals surface area contributed by atoms with Gasteiger partial charge in [0.1, 0.15) is 13.2 Å². The van der Waals surface area contributed by atoms with Gasteiger partial charge in [-0.05, 0) is 36.8 Å². The summed E-state index contributed by atoms with van der Waals surface area (Å²) in [5.41, 5.74) is 1.08. The van der Waals surface area contributed by atoms with Crippen molar-refractivity contribution in [1.82, 2.24) is 15.2 Å². The summed E-state index contributed by atoms with van der Waals surface area (Å²) in [6, 6.07) is 10.3. The van der Waals surface area contributed by atoms with E-state index in [2.05, 4.69) is 60.5 Å². The van der Waals surface area contributed by atoms with Crippen molar-refractivity contribution in [3.63, 3.8) is 0 Å². The van der Waals surface area contributed by atoms with Gasteiger partial charge >= 0.3 is 0 Å². The van der Waals surface area contributed by atoms with Crippen molar-refractivity contribution in [1.29, 1.82) is 0 Å². The van der Waals surface area contributed by atoms with Gasteiger partial charge in [0, 0.05) is 37.4 Å². The van der Waals surface area contributed by atoms with E-state index in [4.69, 9.17) is 14.5 Å². The second-order valence-electron chi connectivity index (χ2n) is 7.29. The lowest BCUT2D eigenvalue weighted by Gasteiger charge is -2.26. The molecular formula is C21H31IN4O2. The number of rotatable bonds is 7. The smallest absolute Gasteiger partial charge is 0.191 e. The van der Waals surface area contributed by atoms with Crippen LogP contribution in [0.15, 0.2) is 47.7 Å². The summed E-state index contributed by atoms with van der Waals surface area (Å²) in [6.45, 7) is 10.9. The number of hydrogen-bond acceptors (Lipinski definition) is 3. The average molecular weight is 498 g/mol. The van der Waals surface area contributed by atoms with Crippen LogP contribution in [0.1, 0.15) is 26.3 Å². The zero-order chi connectivity index (χ0) is 19.1. The van der Waals surface area contributed by atoms with E-state index in [-0.39, 0.29) is 29.4 Å². The van der Waals surface area contributed by atoms with Crippen LogP contribution in [0.4, 0.5) is 0 Å². The maximum atomic E-state index is 5.72. The SMILES string of the molecule is CCNC(=NCC(C)(C)c1ccc2c(c1)OCCO2)NCCn1cccc1.I. The fourth-order valence-corrected chi connectivity index (χ4v) is 3.00. The van der Waals surface area contributed by atoms with Crippen LogP contribution in [0.5, 0.6) is 11.5 Å². The Morgan fingerprint density at radius 2 is 1.82 bits per heavy atom. The van der Waals surface area contributed by atoms with Crippen molar-refractivity contribution < 1.29 is 9.47 Å². The highest BCUT2D eigenvalue weighted by atomic mass is 127. The molecule has 1 aromatic heterocycles. The first kappa shape index (κ1) is 22.4. The van der Waals surface area contributed by atoms with E-state index < -0.39 is 0 Å².